The Morgan fingerprint density at radius 1 is 1.04 bits per heavy atom. The van der Waals surface area contributed by atoms with Crippen molar-refractivity contribution in [2.75, 3.05) is 13.2 Å². The predicted molar refractivity (Wildman–Crippen MR) is 98.5 cm³/mol. The van der Waals surface area contributed by atoms with Crippen LogP contribution in [0.15, 0.2) is 12.2 Å². The van der Waals surface area contributed by atoms with Crippen molar-refractivity contribution >= 4 is 5.97 Å². The van der Waals surface area contributed by atoms with Gasteiger partial charge in [0.15, 0.2) is 5.79 Å². The fraction of sp³-hybridized carbons (Fsp3) is 0.850. The van der Waals surface area contributed by atoms with Crippen LogP contribution in [0, 0.1) is 0 Å². The Kier molecular flexibility index (Phi) is 11.8. The van der Waals surface area contributed by atoms with Gasteiger partial charge in [0.1, 0.15) is 0 Å². The normalized spacial score (nSPS) is 18.0. The lowest BCUT2D eigenvalue weighted by Crippen LogP contribution is -2.27. The average molecular weight is 357 g/mol. The number of aliphatic carboxylic acids is 1. The van der Waals surface area contributed by atoms with E-state index in [0.29, 0.717) is 13.2 Å². The standard InChI is InChI=1S/C20H36O5/c1-2-3-8-11-18(21)13-15-20(24-16-17-25-20)14-10-7-5-4-6-9-12-19(22)23/h13,15,18,21H,2-12,14,16-17H2,1H3,(H,22,23). The average Bonchev–Trinajstić information content (AvgIpc) is 3.05. The van der Waals surface area contributed by atoms with Gasteiger partial charge in [-0.15, -0.1) is 0 Å². The first kappa shape index (κ1) is 22.1. The molecule has 5 heteroatoms. The smallest absolute Gasteiger partial charge is 0.303 e. The SMILES string of the molecule is CCCCCC(O)C=CC1(CCCCCCCCC(=O)O)OCCO1. The number of aliphatic hydroxyl groups excluding tert-OH is 1. The van der Waals surface area contributed by atoms with Crippen molar-refractivity contribution in [1.82, 2.24) is 0 Å². The fourth-order valence-electron chi connectivity index (χ4n) is 3.11. The van der Waals surface area contributed by atoms with Gasteiger partial charge in [-0.05, 0) is 25.3 Å². The van der Waals surface area contributed by atoms with E-state index < -0.39 is 17.9 Å². The zero-order chi connectivity index (χ0) is 18.4. The Labute approximate surface area is 152 Å². The molecular formula is C20H36O5. The van der Waals surface area contributed by atoms with Crippen molar-refractivity contribution in [1.29, 1.82) is 0 Å². The second-order valence-corrected chi connectivity index (χ2v) is 6.95. The topological polar surface area (TPSA) is 76.0 Å². The number of rotatable bonds is 15. The molecule has 0 amide bonds. The first-order chi connectivity index (χ1) is 12.1. The maximum atomic E-state index is 10.4. The summed E-state index contributed by atoms with van der Waals surface area (Å²) in [4.78, 5) is 10.4. The molecule has 0 bridgehead atoms. The molecule has 0 radical (unpaired) electrons. The summed E-state index contributed by atoms with van der Waals surface area (Å²) in [5.41, 5.74) is 0. The summed E-state index contributed by atoms with van der Waals surface area (Å²) in [7, 11) is 0. The van der Waals surface area contributed by atoms with E-state index >= 15 is 0 Å². The Morgan fingerprint density at radius 3 is 2.32 bits per heavy atom. The van der Waals surface area contributed by atoms with E-state index in [1.165, 1.54) is 0 Å². The summed E-state index contributed by atoms with van der Waals surface area (Å²) in [6, 6.07) is 0. The number of unbranched alkanes of at least 4 members (excludes halogenated alkanes) is 7. The van der Waals surface area contributed by atoms with Gasteiger partial charge in [-0.2, -0.15) is 0 Å². The molecule has 1 fully saturated rings. The van der Waals surface area contributed by atoms with Crippen LogP contribution in [0.3, 0.4) is 0 Å². The molecule has 2 N–H and O–H groups in total. The molecule has 1 saturated heterocycles. The molecule has 1 aliphatic rings. The van der Waals surface area contributed by atoms with Gasteiger partial charge in [0.2, 0.25) is 0 Å². The van der Waals surface area contributed by atoms with E-state index in [0.717, 1.165) is 70.6 Å². The zero-order valence-electron chi connectivity index (χ0n) is 15.8. The van der Waals surface area contributed by atoms with Crippen LogP contribution in [-0.2, 0) is 14.3 Å². The first-order valence-electron chi connectivity index (χ1n) is 9.95. The second-order valence-electron chi connectivity index (χ2n) is 6.95. The van der Waals surface area contributed by atoms with Gasteiger partial charge in [0, 0.05) is 12.8 Å². The van der Waals surface area contributed by atoms with Crippen molar-refractivity contribution in [3.05, 3.63) is 12.2 Å². The van der Waals surface area contributed by atoms with Gasteiger partial charge in [-0.25, -0.2) is 0 Å². The molecule has 146 valence electrons. The lowest BCUT2D eigenvalue weighted by molar-refractivity contribution is -0.137. The number of carboxylic acids is 1. The number of hydrogen-bond donors (Lipinski definition) is 2. The molecule has 25 heavy (non-hydrogen) atoms. The Morgan fingerprint density at radius 2 is 1.68 bits per heavy atom. The third-order valence-corrected chi connectivity index (χ3v) is 4.62. The van der Waals surface area contributed by atoms with Crippen molar-refractivity contribution in [3.8, 4) is 0 Å². The number of aliphatic hydroxyl groups is 1. The van der Waals surface area contributed by atoms with E-state index in [4.69, 9.17) is 14.6 Å². The lowest BCUT2D eigenvalue weighted by atomic mass is 10.0. The Bertz CT molecular complexity index is 374. The summed E-state index contributed by atoms with van der Waals surface area (Å²) >= 11 is 0. The predicted octanol–water partition coefficient (Wildman–Crippen LogP) is 4.43. The van der Waals surface area contributed by atoms with Crippen molar-refractivity contribution < 1.29 is 24.5 Å². The van der Waals surface area contributed by atoms with Crippen LogP contribution in [0.5, 0.6) is 0 Å². The van der Waals surface area contributed by atoms with E-state index in [1.807, 2.05) is 12.2 Å². The van der Waals surface area contributed by atoms with E-state index in [1.54, 1.807) is 0 Å². The summed E-state index contributed by atoms with van der Waals surface area (Å²) in [6.45, 7) is 3.36. The molecule has 1 heterocycles. The van der Waals surface area contributed by atoms with Crippen LogP contribution in [0.4, 0.5) is 0 Å². The van der Waals surface area contributed by atoms with Crippen LogP contribution in [-0.4, -0.2) is 41.3 Å². The molecule has 0 saturated carbocycles. The lowest BCUT2D eigenvalue weighted by Gasteiger charge is -2.24. The summed E-state index contributed by atoms with van der Waals surface area (Å²) in [5, 5.41) is 18.6. The van der Waals surface area contributed by atoms with Crippen LogP contribution in [0.1, 0.15) is 84.0 Å². The van der Waals surface area contributed by atoms with Gasteiger partial charge < -0.3 is 19.7 Å². The number of carbonyl (C=O) groups is 1. The maximum absolute atomic E-state index is 10.4. The number of hydrogen-bond acceptors (Lipinski definition) is 4. The van der Waals surface area contributed by atoms with Crippen LogP contribution >= 0.6 is 0 Å². The third-order valence-electron chi connectivity index (χ3n) is 4.62. The minimum absolute atomic E-state index is 0.274. The van der Waals surface area contributed by atoms with Crippen LogP contribution < -0.4 is 0 Å². The maximum Gasteiger partial charge on any atom is 0.303 e. The van der Waals surface area contributed by atoms with Gasteiger partial charge in [0.05, 0.1) is 19.3 Å². The van der Waals surface area contributed by atoms with Gasteiger partial charge >= 0.3 is 5.97 Å². The number of carboxylic acid groups (broad SMARTS) is 1. The van der Waals surface area contributed by atoms with Gasteiger partial charge in [0.25, 0.3) is 0 Å². The highest BCUT2D eigenvalue weighted by atomic mass is 16.7. The molecule has 0 aromatic carbocycles. The van der Waals surface area contributed by atoms with E-state index in [2.05, 4.69) is 6.92 Å². The fourth-order valence-corrected chi connectivity index (χ4v) is 3.11. The summed E-state index contributed by atoms with van der Waals surface area (Å²) in [5.74, 6) is -1.36. The molecule has 1 atom stereocenters. The van der Waals surface area contributed by atoms with Crippen molar-refractivity contribution in [2.24, 2.45) is 0 Å². The molecule has 0 aromatic rings. The second kappa shape index (κ2) is 13.3. The third kappa shape index (κ3) is 10.6. The molecule has 0 spiro atoms. The highest BCUT2D eigenvalue weighted by Gasteiger charge is 2.33. The van der Waals surface area contributed by atoms with Crippen LogP contribution in [0.25, 0.3) is 0 Å². The highest BCUT2D eigenvalue weighted by molar-refractivity contribution is 5.66. The molecule has 0 aromatic heterocycles. The van der Waals surface area contributed by atoms with Crippen molar-refractivity contribution in [3.63, 3.8) is 0 Å². The Hall–Kier alpha value is -0.910. The molecule has 1 unspecified atom stereocenters. The largest absolute Gasteiger partial charge is 0.481 e. The number of ether oxygens (including phenoxy) is 2. The molecule has 1 rings (SSSR count). The highest BCUT2D eigenvalue weighted by Crippen LogP contribution is 2.28. The first-order valence-corrected chi connectivity index (χ1v) is 9.95. The summed E-state index contributed by atoms with van der Waals surface area (Å²) < 4.78 is 11.6. The minimum Gasteiger partial charge on any atom is -0.481 e. The molecule has 1 aliphatic heterocycles. The molecule has 0 aliphatic carbocycles. The molecular weight excluding hydrogens is 320 g/mol. The van der Waals surface area contributed by atoms with Gasteiger partial charge in [-0.1, -0.05) is 57.9 Å². The Balaban J connectivity index is 2.21. The summed E-state index contributed by atoms with van der Waals surface area (Å²) in [6.07, 6.45) is 14.6. The zero-order valence-corrected chi connectivity index (χ0v) is 15.8. The van der Waals surface area contributed by atoms with E-state index in [9.17, 15) is 9.90 Å². The van der Waals surface area contributed by atoms with Gasteiger partial charge in [-0.3, -0.25) is 4.79 Å². The minimum atomic E-state index is -0.707. The molecule has 5 nitrogen and oxygen atoms in total. The quantitative estimate of drug-likeness (QED) is 0.335. The van der Waals surface area contributed by atoms with E-state index in [-0.39, 0.29) is 6.42 Å². The van der Waals surface area contributed by atoms with Crippen LogP contribution in [0.2, 0.25) is 0 Å². The monoisotopic (exact) mass is 356 g/mol. The van der Waals surface area contributed by atoms with Crippen molar-refractivity contribution in [2.45, 2.75) is 95.9 Å².